The Kier molecular flexibility index (Phi) is 7.52. The molecular formula is C15H28N2S. The van der Waals surface area contributed by atoms with Crippen LogP contribution >= 0.6 is 11.3 Å². The van der Waals surface area contributed by atoms with Gasteiger partial charge in [0.1, 0.15) is 0 Å². The first-order chi connectivity index (χ1) is 8.67. The van der Waals surface area contributed by atoms with Gasteiger partial charge in [-0.2, -0.15) is 0 Å². The van der Waals surface area contributed by atoms with Gasteiger partial charge < -0.3 is 5.32 Å². The molecule has 0 aliphatic rings. The van der Waals surface area contributed by atoms with Crippen molar-refractivity contribution in [1.29, 1.82) is 0 Å². The van der Waals surface area contributed by atoms with Crippen LogP contribution in [0.25, 0.3) is 0 Å². The van der Waals surface area contributed by atoms with E-state index in [4.69, 9.17) is 4.98 Å². The van der Waals surface area contributed by atoms with Crippen molar-refractivity contribution >= 4 is 11.3 Å². The molecule has 2 nitrogen and oxygen atoms in total. The Morgan fingerprint density at radius 3 is 2.56 bits per heavy atom. The zero-order valence-electron chi connectivity index (χ0n) is 12.4. The molecule has 1 rings (SSSR count). The molecule has 0 spiro atoms. The molecule has 3 heteroatoms. The van der Waals surface area contributed by atoms with E-state index in [0.717, 1.165) is 31.8 Å². The molecule has 0 fully saturated rings. The minimum absolute atomic E-state index is 0.769. The van der Waals surface area contributed by atoms with Crippen molar-refractivity contribution in [2.45, 2.75) is 66.3 Å². The molecule has 1 heterocycles. The second-order valence-corrected chi connectivity index (χ2v) is 6.50. The Hall–Kier alpha value is -0.410. The number of hydrogen-bond acceptors (Lipinski definition) is 3. The Bertz CT molecular complexity index is 331. The lowest BCUT2D eigenvalue weighted by Gasteiger charge is -2.02. The van der Waals surface area contributed by atoms with Crippen molar-refractivity contribution in [2.24, 2.45) is 5.92 Å². The van der Waals surface area contributed by atoms with Crippen molar-refractivity contribution in [3.63, 3.8) is 0 Å². The summed E-state index contributed by atoms with van der Waals surface area (Å²) in [6, 6.07) is 0. The van der Waals surface area contributed by atoms with E-state index in [0.29, 0.717) is 0 Å². The van der Waals surface area contributed by atoms with Crippen LogP contribution in [-0.2, 0) is 19.4 Å². The van der Waals surface area contributed by atoms with Gasteiger partial charge in [-0.05, 0) is 38.1 Å². The first-order valence-electron chi connectivity index (χ1n) is 7.35. The van der Waals surface area contributed by atoms with Crippen molar-refractivity contribution in [3.8, 4) is 0 Å². The van der Waals surface area contributed by atoms with Crippen LogP contribution in [0.3, 0.4) is 0 Å². The molecule has 0 unspecified atom stereocenters. The van der Waals surface area contributed by atoms with E-state index in [-0.39, 0.29) is 0 Å². The van der Waals surface area contributed by atoms with Gasteiger partial charge in [0, 0.05) is 11.4 Å². The number of aryl methyl sites for hydroxylation is 2. The number of nitrogens with one attached hydrogen (secondary N) is 1. The first kappa shape index (κ1) is 15.6. The fraction of sp³-hybridized carbons (Fsp3) is 0.800. The van der Waals surface area contributed by atoms with E-state index >= 15 is 0 Å². The molecule has 0 aromatic carbocycles. The Morgan fingerprint density at radius 2 is 1.94 bits per heavy atom. The van der Waals surface area contributed by atoms with E-state index in [9.17, 15) is 0 Å². The van der Waals surface area contributed by atoms with E-state index < -0.39 is 0 Å². The highest BCUT2D eigenvalue weighted by atomic mass is 32.1. The maximum atomic E-state index is 4.83. The highest BCUT2D eigenvalue weighted by Gasteiger charge is 2.10. The van der Waals surface area contributed by atoms with Crippen molar-refractivity contribution in [3.05, 3.63) is 15.6 Å². The maximum Gasteiger partial charge on any atom is 0.0931 e. The van der Waals surface area contributed by atoms with Gasteiger partial charge in [-0.3, -0.25) is 0 Å². The Morgan fingerprint density at radius 1 is 1.17 bits per heavy atom. The molecule has 0 aliphatic carbocycles. The fourth-order valence-electron chi connectivity index (χ4n) is 1.90. The van der Waals surface area contributed by atoms with Gasteiger partial charge in [-0.25, -0.2) is 4.98 Å². The molecule has 0 radical (unpaired) electrons. The molecule has 0 atom stereocenters. The molecule has 1 aromatic rings. The zero-order valence-corrected chi connectivity index (χ0v) is 13.2. The number of hydrogen-bond donors (Lipinski definition) is 1. The number of thiazole rings is 1. The molecule has 0 aliphatic heterocycles. The van der Waals surface area contributed by atoms with Crippen LogP contribution in [-0.4, -0.2) is 11.5 Å². The second kappa shape index (κ2) is 8.65. The largest absolute Gasteiger partial charge is 0.312 e. The van der Waals surface area contributed by atoms with Gasteiger partial charge in [0.05, 0.1) is 10.7 Å². The summed E-state index contributed by atoms with van der Waals surface area (Å²) in [5, 5.41) is 4.83. The lowest BCUT2D eigenvalue weighted by atomic mass is 10.1. The SMILES string of the molecule is CCCNCc1sc(CCC(C)C)nc1CCC. The van der Waals surface area contributed by atoms with Crippen LogP contribution in [0.2, 0.25) is 0 Å². The smallest absolute Gasteiger partial charge is 0.0931 e. The third kappa shape index (κ3) is 5.49. The quantitative estimate of drug-likeness (QED) is 0.679. The monoisotopic (exact) mass is 268 g/mol. The lowest BCUT2D eigenvalue weighted by Crippen LogP contribution is -2.13. The molecule has 0 saturated carbocycles. The third-order valence-corrected chi connectivity index (χ3v) is 4.11. The molecule has 0 bridgehead atoms. The maximum absolute atomic E-state index is 4.83. The van der Waals surface area contributed by atoms with Gasteiger partial charge in [-0.1, -0.05) is 34.1 Å². The summed E-state index contributed by atoms with van der Waals surface area (Å²) >= 11 is 1.92. The van der Waals surface area contributed by atoms with Crippen LogP contribution in [0.5, 0.6) is 0 Å². The number of aromatic nitrogens is 1. The predicted molar refractivity (Wildman–Crippen MR) is 81.3 cm³/mol. The average molecular weight is 268 g/mol. The van der Waals surface area contributed by atoms with E-state index in [1.54, 1.807) is 0 Å². The summed E-state index contributed by atoms with van der Waals surface area (Å²) < 4.78 is 0. The minimum atomic E-state index is 0.769. The van der Waals surface area contributed by atoms with Gasteiger partial charge in [0.25, 0.3) is 0 Å². The molecule has 0 amide bonds. The van der Waals surface area contributed by atoms with Crippen molar-refractivity contribution < 1.29 is 0 Å². The predicted octanol–water partition coefficient (Wildman–Crippen LogP) is 4.18. The van der Waals surface area contributed by atoms with Gasteiger partial charge in [0.15, 0.2) is 0 Å². The van der Waals surface area contributed by atoms with E-state index in [2.05, 4.69) is 33.0 Å². The Balaban J connectivity index is 2.61. The van der Waals surface area contributed by atoms with Gasteiger partial charge in [0.2, 0.25) is 0 Å². The molecular weight excluding hydrogens is 240 g/mol. The summed E-state index contributed by atoms with van der Waals surface area (Å²) in [7, 11) is 0. The fourth-order valence-corrected chi connectivity index (χ4v) is 3.00. The number of nitrogens with zero attached hydrogens (tertiary/aromatic N) is 1. The summed E-state index contributed by atoms with van der Waals surface area (Å²) in [5.74, 6) is 0.769. The summed E-state index contributed by atoms with van der Waals surface area (Å²) in [6.45, 7) is 11.1. The van der Waals surface area contributed by atoms with Crippen LogP contribution in [0, 0.1) is 5.92 Å². The molecule has 1 aromatic heterocycles. The van der Waals surface area contributed by atoms with E-state index in [1.807, 2.05) is 11.3 Å². The van der Waals surface area contributed by atoms with Crippen LogP contribution in [0.1, 0.15) is 62.5 Å². The minimum Gasteiger partial charge on any atom is -0.312 e. The highest BCUT2D eigenvalue weighted by molar-refractivity contribution is 7.11. The van der Waals surface area contributed by atoms with Crippen LogP contribution in [0.15, 0.2) is 0 Å². The average Bonchev–Trinajstić information content (AvgIpc) is 2.70. The topological polar surface area (TPSA) is 24.9 Å². The molecule has 18 heavy (non-hydrogen) atoms. The molecule has 1 N–H and O–H groups in total. The summed E-state index contributed by atoms with van der Waals surface area (Å²) in [5.41, 5.74) is 1.34. The van der Waals surface area contributed by atoms with Crippen molar-refractivity contribution in [2.75, 3.05) is 6.54 Å². The van der Waals surface area contributed by atoms with Gasteiger partial charge >= 0.3 is 0 Å². The second-order valence-electron chi connectivity index (χ2n) is 5.34. The van der Waals surface area contributed by atoms with Crippen LogP contribution < -0.4 is 5.32 Å². The first-order valence-corrected chi connectivity index (χ1v) is 8.17. The zero-order chi connectivity index (χ0) is 13.4. The van der Waals surface area contributed by atoms with Crippen LogP contribution in [0.4, 0.5) is 0 Å². The summed E-state index contributed by atoms with van der Waals surface area (Å²) in [6.07, 6.45) is 5.91. The summed E-state index contributed by atoms with van der Waals surface area (Å²) in [4.78, 5) is 6.29. The van der Waals surface area contributed by atoms with E-state index in [1.165, 1.54) is 34.8 Å². The van der Waals surface area contributed by atoms with Gasteiger partial charge in [-0.15, -0.1) is 11.3 Å². The lowest BCUT2D eigenvalue weighted by molar-refractivity contribution is 0.585. The third-order valence-electron chi connectivity index (χ3n) is 2.96. The number of rotatable bonds is 9. The standard InChI is InChI=1S/C15H28N2S/c1-5-7-13-14(11-16-10-6-2)18-15(17-13)9-8-12(3)4/h12,16H,5-11H2,1-4H3. The highest BCUT2D eigenvalue weighted by Crippen LogP contribution is 2.22. The van der Waals surface area contributed by atoms with Crippen molar-refractivity contribution in [1.82, 2.24) is 10.3 Å². The molecule has 0 saturated heterocycles. The normalized spacial score (nSPS) is 11.4. The molecule has 104 valence electrons. The Labute approximate surface area is 116 Å².